The lowest BCUT2D eigenvalue weighted by Crippen LogP contribution is -2.43. The van der Waals surface area contributed by atoms with Crippen molar-refractivity contribution < 1.29 is 61.0 Å². The maximum atomic E-state index is 11.4. The minimum absolute atomic E-state index is 0.543. The van der Waals surface area contributed by atoms with Crippen molar-refractivity contribution in [2.45, 2.75) is 56.2 Å². The van der Waals surface area contributed by atoms with Crippen LogP contribution in [-0.4, -0.2) is 58.0 Å². The highest BCUT2D eigenvalue weighted by molar-refractivity contribution is 8.13. The Labute approximate surface area is 201 Å². The van der Waals surface area contributed by atoms with E-state index < -0.39 is 39.9 Å². The van der Waals surface area contributed by atoms with Crippen LogP contribution in [0.5, 0.6) is 0 Å². The van der Waals surface area contributed by atoms with Gasteiger partial charge >= 0.3 is 19.8 Å². The number of hydrogen-bond donors (Lipinski definition) is 0. The van der Waals surface area contributed by atoms with Gasteiger partial charge in [0.2, 0.25) is 0 Å². The molecule has 0 saturated heterocycles. The van der Waals surface area contributed by atoms with Crippen LogP contribution in [0.4, 0.5) is 26.3 Å². The Balaban J connectivity index is 0.000000691. The number of unbranched alkanes of at least 4 members (excludes halogenated alkanes) is 1. The van der Waals surface area contributed by atoms with E-state index in [1.165, 1.54) is 5.69 Å². The summed E-state index contributed by atoms with van der Waals surface area (Å²) in [6.45, 7) is 5.48. The van der Waals surface area contributed by atoms with E-state index in [2.05, 4.69) is 42.8 Å². The maximum absolute atomic E-state index is 11.4. The van der Waals surface area contributed by atoms with Gasteiger partial charge in [0, 0.05) is 51.8 Å². The van der Waals surface area contributed by atoms with Crippen LogP contribution in [0, 0.1) is 0 Å². The molecule has 18 heteroatoms. The second kappa shape index (κ2) is 13.3. The first-order valence-electron chi connectivity index (χ1n) is 9.79. The number of pyridine rings is 1. The molecule has 206 valence electrons. The van der Waals surface area contributed by atoms with E-state index in [0.29, 0.717) is 5.92 Å². The monoisotopic (exact) mass is 578 g/mol. The summed E-state index contributed by atoms with van der Waals surface area (Å²) in [5, 5.41) is 0. The van der Waals surface area contributed by atoms with Gasteiger partial charge in [-0.3, -0.25) is 0 Å². The molecule has 1 aromatic rings. The molecule has 1 aromatic heterocycles. The van der Waals surface area contributed by atoms with E-state index >= 15 is 0 Å². The van der Waals surface area contributed by atoms with E-state index in [1.807, 2.05) is 0 Å². The van der Waals surface area contributed by atoms with E-state index in [1.54, 1.807) is 21.3 Å². The Bertz CT molecular complexity index is 949. The zero-order valence-corrected chi connectivity index (χ0v) is 22.2. The highest BCUT2D eigenvalue weighted by Gasteiger charge is 2.47. The summed E-state index contributed by atoms with van der Waals surface area (Å²) in [6, 6.07) is 7.25. The topological polar surface area (TPSA) is 114 Å². The van der Waals surface area contributed by atoms with E-state index in [-0.39, 0.29) is 0 Å². The fraction of sp³-hybridized carbons (Fsp3) is 0.706. The Morgan fingerprint density at radius 2 is 1.34 bits per heavy atom. The molecular weight excluding hydrogens is 550 g/mol. The second-order valence-electron chi connectivity index (χ2n) is 7.14. The fourth-order valence-electron chi connectivity index (χ4n) is 2.61. The first-order valence-corrected chi connectivity index (χ1v) is 14.6. The van der Waals surface area contributed by atoms with Crippen molar-refractivity contribution in [3.8, 4) is 0 Å². The van der Waals surface area contributed by atoms with Crippen molar-refractivity contribution in [3.63, 3.8) is 0 Å². The van der Waals surface area contributed by atoms with Crippen molar-refractivity contribution in [1.82, 2.24) is 0 Å². The molecule has 0 amide bonds. The molecule has 0 unspecified atom stereocenters. The van der Waals surface area contributed by atoms with Gasteiger partial charge in [0.1, 0.15) is 6.54 Å². The van der Waals surface area contributed by atoms with Crippen LogP contribution in [0.15, 0.2) is 24.4 Å². The van der Waals surface area contributed by atoms with Gasteiger partial charge in [-0.25, -0.2) is 21.4 Å². The zero-order chi connectivity index (χ0) is 27.7. The average Bonchev–Trinajstić information content (AvgIpc) is 2.73. The van der Waals surface area contributed by atoms with Crippen LogP contribution in [-0.2, 0) is 39.9 Å². The van der Waals surface area contributed by atoms with Crippen molar-refractivity contribution in [2.24, 2.45) is 0 Å². The summed E-state index contributed by atoms with van der Waals surface area (Å²) in [7, 11) is -10.8. The van der Waals surface area contributed by atoms with Crippen molar-refractivity contribution >= 4 is 28.9 Å². The summed E-state index contributed by atoms with van der Waals surface area (Å²) in [6.07, 6.45) is 4.30. The fourth-order valence-corrected chi connectivity index (χ4v) is 6.12. The molecule has 0 aliphatic rings. The lowest BCUT2D eigenvalue weighted by molar-refractivity contribution is -0.705. The maximum Gasteiger partial charge on any atom is 0.500 e. The molecule has 0 spiro atoms. The number of aryl methyl sites for hydroxylation is 1. The van der Waals surface area contributed by atoms with Gasteiger partial charge in [-0.2, -0.15) is 26.3 Å². The quantitative estimate of drug-likeness (QED) is 0.170. The predicted molar refractivity (Wildman–Crippen MR) is 115 cm³/mol. The van der Waals surface area contributed by atoms with Gasteiger partial charge in [0.15, 0.2) is 31.9 Å². The van der Waals surface area contributed by atoms with Gasteiger partial charge in [-0.1, -0.05) is 19.9 Å². The molecule has 0 radical (unpaired) electrons. The van der Waals surface area contributed by atoms with Gasteiger partial charge in [-0.05, 0) is 6.42 Å². The van der Waals surface area contributed by atoms with Gasteiger partial charge in [0.25, 0.3) is 0 Å². The molecule has 9 nitrogen and oxygen atoms in total. The number of halogens is 6. The largest absolute Gasteiger partial charge is 0.500 e. The average molecular weight is 579 g/mol. The van der Waals surface area contributed by atoms with Crippen LogP contribution in [0.1, 0.15) is 38.3 Å². The molecule has 1 heterocycles. The van der Waals surface area contributed by atoms with Gasteiger partial charge in [0.05, 0.1) is 0 Å². The number of nitrogens with zero attached hydrogens (tertiary/aromatic N) is 2. The Kier molecular flexibility index (Phi) is 12.8. The number of hydrogen-bond acceptors (Lipinski definition) is 7. The first-order chi connectivity index (χ1) is 15.8. The van der Waals surface area contributed by atoms with Gasteiger partial charge in [-0.15, -0.1) is 0 Å². The van der Waals surface area contributed by atoms with E-state index in [4.69, 9.17) is 13.3 Å². The number of aromatic nitrogens is 1. The zero-order valence-electron chi connectivity index (χ0n) is 19.6. The highest BCUT2D eigenvalue weighted by atomic mass is 32.3. The van der Waals surface area contributed by atoms with Gasteiger partial charge < -0.3 is 17.4 Å². The Morgan fingerprint density at radius 1 is 0.886 bits per heavy atom. The van der Waals surface area contributed by atoms with Crippen LogP contribution in [0.25, 0.3) is 4.13 Å². The molecule has 0 aliphatic heterocycles. The number of sulfonamides is 2. The summed E-state index contributed by atoms with van der Waals surface area (Å²) in [5.41, 5.74) is -11.0. The van der Waals surface area contributed by atoms with E-state index in [9.17, 15) is 43.2 Å². The minimum Gasteiger partial charge on any atom is -0.421 e. The molecule has 0 aliphatic carbocycles. The third-order valence-corrected chi connectivity index (χ3v) is 9.99. The van der Waals surface area contributed by atoms with E-state index in [0.717, 1.165) is 29.6 Å². The molecule has 0 atom stereocenters. The SMILES string of the molecule is CO[Si](CCCC[n+]1ccccc1C(C)C)(OC)OC.O=S(=O)([N-]S(=O)(=O)C(F)(F)F)C(F)(F)F. The highest BCUT2D eigenvalue weighted by Crippen LogP contribution is 2.36. The Morgan fingerprint density at radius 3 is 1.71 bits per heavy atom. The molecule has 0 bridgehead atoms. The molecule has 0 aromatic carbocycles. The summed E-state index contributed by atoms with van der Waals surface area (Å²) in [5.74, 6) is 0.543. The summed E-state index contributed by atoms with van der Waals surface area (Å²) >= 11 is 0. The second-order valence-corrected chi connectivity index (χ2v) is 13.7. The molecule has 35 heavy (non-hydrogen) atoms. The molecule has 0 N–H and O–H groups in total. The number of rotatable bonds is 11. The van der Waals surface area contributed by atoms with Crippen molar-refractivity contribution in [2.75, 3.05) is 21.3 Å². The third-order valence-electron chi connectivity index (χ3n) is 4.41. The molecule has 0 saturated carbocycles. The third kappa shape index (κ3) is 10.3. The summed E-state index contributed by atoms with van der Waals surface area (Å²) in [4.78, 5) is 0. The molecule has 1 rings (SSSR count). The standard InChI is InChI=1S/C15H28NO3Si.C2F6NO4S2/c1-14(2)15-10-6-7-11-16(15)12-8-9-13-20(17-3,18-4)19-5;3-1(4,5)14(10,11)9-15(12,13)2(6,7)8/h6-7,10-11,14H,8-9,12-13H2,1-5H3;/q+1;-1. The first kappa shape index (κ1) is 33.7. The predicted octanol–water partition coefficient (Wildman–Crippen LogP) is 3.82. The van der Waals surface area contributed by atoms with Crippen molar-refractivity contribution in [1.29, 1.82) is 0 Å². The summed E-state index contributed by atoms with van der Waals surface area (Å²) < 4.78 is 128. The smallest absolute Gasteiger partial charge is 0.421 e. The van der Waals surface area contributed by atoms with Crippen LogP contribution >= 0.6 is 0 Å². The Hall–Kier alpha value is -1.31. The minimum atomic E-state index is -6.72. The molecular formula is C17H28F6N2O7S2Si. The van der Waals surface area contributed by atoms with Crippen LogP contribution < -0.4 is 4.57 Å². The lowest BCUT2D eigenvalue weighted by Gasteiger charge is -2.23. The van der Waals surface area contributed by atoms with Crippen LogP contribution in [0.2, 0.25) is 6.04 Å². The van der Waals surface area contributed by atoms with Crippen molar-refractivity contribution in [3.05, 3.63) is 34.2 Å². The molecule has 0 fully saturated rings. The normalized spacial score (nSPS) is 13.5. The lowest BCUT2D eigenvalue weighted by atomic mass is 10.1. The number of alkyl halides is 6. The van der Waals surface area contributed by atoms with Crippen LogP contribution in [0.3, 0.4) is 0 Å².